The lowest BCUT2D eigenvalue weighted by atomic mass is 10.1. The molecule has 20 heavy (non-hydrogen) atoms. The molecule has 1 saturated carbocycles. The molecule has 1 aromatic carbocycles. The Hall–Kier alpha value is -2.21. The van der Waals surface area contributed by atoms with Crippen molar-refractivity contribution in [3.05, 3.63) is 47.5 Å². The Balaban J connectivity index is 1.94. The van der Waals surface area contributed by atoms with Gasteiger partial charge in [-0.05, 0) is 30.5 Å². The molecule has 1 aliphatic rings. The fourth-order valence-electron chi connectivity index (χ4n) is 2.08. The van der Waals surface area contributed by atoms with Crippen LogP contribution in [0.2, 0.25) is 0 Å². The van der Waals surface area contributed by atoms with Crippen LogP contribution in [0, 0.1) is 5.82 Å². The van der Waals surface area contributed by atoms with Gasteiger partial charge >= 0.3 is 0 Å². The summed E-state index contributed by atoms with van der Waals surface area (Å²) in [6.45, 7) is 0.573. The maximum Gasteiger partial charge on any atom is 0.269 e. The Bertz CT molecular complexity index is 648. The summed E-state index contributed by atoms with van der Waals surface area (Å²) < 4.78 is 15.4. The Morgan fingerprint density at radius 3 is 2.90 bits per heavy atom. The maximum atomic E-state index is 14.1. The molecule has 3 rings (SSSR count). The molecule has 1 aromatic heterocycles. The Labute approximate surface area is 115 Å². The van der Waals surface area contributed by atoms with Crippen LogP contribution in [-0.4, -0.2) is 21.7 Å². The van der Waals surface area contributed by atoms with Crippen LogP contribution in [0.1, 0.15) is 28.9 Å². The SMILES string of the molecule is NC(=O)c1ccn(-c2c(F)cccc2CNC2CC2)n1. The zero-order chi connectivity index (χ0) is 14.1. The van der Waals surface area contributed by atoms with Gasteiger partial charge in [-0.1, -0.05) is 12.1 Å². The number of rotatable bonds is 5. The number of benzene rings is 1. The van der Waals surface area contributed by atoms with E-state index in [9.17, 15) is 9.18 Å². The first-order valence-electron chi connectivity index (χ1n) is 6.52. The molecule has 3 N–H and O–H groups in total. The van der Waals surface area contributed by atoms with E-state index < -0.39 is 5.91 Å². The molecule has 6 heteroatoms. The molecule has 0 saturated heterocycles. The van der Waals surface area contributed by atoms with Gasteiger partial charge in [0.05, 0.1) is 0 Å². The van der Waals surface area contributed by atoms with Crippen molar-refractivity contribution < 1.29 is 9.18 Å². The van der Waals surface area contributed by atoms with Crippen molar-refractivity contribution in [2.45, 2.75) is 25.4 Å². The van der Waals surface area contributed by atoms with E-state index in [-0.39, 0.29) is 11.5 Å². The van der Waals surface area contributed by atoms with E-state index in [0.29, 0.717) is 18.3 Å². The number of carbonyl (C=O) groups is 1. The van der Waals surface area contributed by atoms with Crippen LogP contribution in [0.4, 0.5) is 4.39 Å². The molecular formula is C14H15FN4O. The minimum Gasteiger partial charge on any atom is -0.364 e. The van der Waals surface area contributed by atoms with Crippen LogP contribution in [0.25, 0.3) is 5.69 Å². The molecule has 1 heterocycles. The lowest BCUT2D eigenvalue weighted by Crippen LogP contribution is -2.18. The van der Waals surface area contributed by atoms with Crippen LogP contribution in [0.5, 0.6) is 0 Å². The second-order valence-corrected chi connectivity index (χ2v) is 4.91. The Morgan fingerprint density at radius 2 is 2.25 bits per heavy atom. The summed E-state index contributed by atoms with van der Waals surface area (Å²) in [5.74, 6) is -1.00. The van der Waals surface area contributed by atoms with Crippen molar-refractivity contribution in [1.82, 2.24) is 15.1 Å². The first kappa shape index (κ1) is 12.8. The van der Waals surface area contributed by atoms with Crippen molar-refractivity contribution >= 4 is 5.91 Å². The first-order chi connectivity index (χ1) is 9.65. The summed E-state index contributed by atoms with van der Waals surface area (Å²) in [5.41, 5.74) is 6.44. The number of nitrogens with zero attached hydrogens (tertiary/aromatic N) is 2. The average molecular weight is 274 g/mol. The van der Waals surface area contributed by atoms with Gasteiger partial charge in [0.1, 0.15) is 17.2 Å². The first-order valence-corrected chi connectivity index (χ1v) is 6.52. The number of amides is 1. The van der Waals surface area contributed by atoms with E-state index in [1.807, 2.05) is 6.07 Å². The van der Waals surface area contributed by atoms with Crippen molar-refractivity contribution in [3.8, 4) is 5.69 Å². The number of hydrogen-bond acceptors (Lipinski definition) is 3. The number of carbonyl (C=O) groups excluding carboxylic acids is 1. The van der Waals surface area contributed by atoms with E-state index in [1.54, 1.807) is 12.3 Å². The van der Waals surface area contributed by atoms with E-state index in [1.165, 1.54) is 16.8 Å². The predicted octanol–water partition coefficient (Wildman–Crippen LogP) is 1.36. The van der Waals surface area contributed by atoms with E-state index in [0.717, 1.165) is 18.4 Å². The standard InChI is InChI=1S/C14H15FN4O/c15-11-3-1-2-9(8-17-10-4-5-10)13(11)19-7-6-12(18-19)14(16)20/h1-3,6-7,10,17H,4-5,8H2,(H2,16,20). The quantitative estimate of drug-likeness (QED) is 0.864. The molecule has 0 spiro atoms. The predicted molar refractivity (Wildman–Crippen MR) is 71.9 cm³/mol. The van der Waals surface area contributed by atoms with Crippen LogP contribution < -0.4 is 11.1 Å². The molecule has 5 nitrogen and oxygen atoms in total. The van der Waals surface area contributed by atoms with Gasteiger partial charge in [-0.25, -0.2) is 9.07 Å². The number of nitrogens with two attached hydrogens (primary N) is 1. The molecule has 2 aromatic rings. The van der Waals surface area contributed by atoms with E-state index in [4.69, 9.17) is 5.73 Å². The van der Waals surface area contributed by atoms with Gasteiger partial charge in [0.2, 0.25) is 0 Å². The van der Waals surface area contributed by atoms with Crippen LogP contribution in [-0.2, 0) is 6.54 Å². The number of hydrogen-bond donors (Lipinski definition) is 2. The van der Waals surface area contributed by atoms with Gasteiger partial charge in [-0.15, -0.1) is 0 Å². The van der Waals surface area contributed by atoms with E-state index in [2.05, 4.69) is 10.4 Å². The number of aromatic nitrogens is 2. The highest BCUT2D eigenvalue weighted by Crippen LogP contribution is 2.22. The monoisotopic (exact) mass is 274 g/mol. The van der Waals surface area contributed by atoms with Gasteiger partial charge < -0.3 is 11.1 Å². The third-order valence-corrected chi connectivity index (χ3v) is 3.30. The fourth-order valence-corrected chi connectivity index (χ4v) is 2.08. The maximum absolute atomic E-state index is 14.1. The van der Waals surface area contributed by atoms with Gasteiger partial charge in [-0.2, -0.15) is 5.10 Å². The van der Waals surface area contributed by atoms with Gasteiger partial charge in [-0.3, -0.25) is 4.79 Å². The summed E-state index contributed by atoms with van der Waals surface area (Å²) >= 11 is 0. The summed E-state index contributed by atoms with van der Waals surface area (Å²) in [4.78, 5) is 11.1. The molecular weight excluding hydrogens is 259 g/mol. The van der Waals surface area contributed by atoms with Crippen molar-refractivity contribution in [3.63, 3.8) is 0 Å². The third-order valence-electron chi connectivity index (χ3n) is 3.30. The van der Waals surface area contributed by atoms with Crippen molar-refractivity contribution in [2.75, 3.05) is 0 Å². The highest BCUT2D eigenvalue weighted by atomic mass is 19.1. The minimum atomic E-state index is -0.627. The topological polar surface area (TPSA) is 72.9 Å². The molecule has 104 valence electrons. The third kappa shape index (κ3) is 2.55. The molecule has 0 radical (unpaired) electrons. The molecule has 0 bridgehead atoms. The fraction of sp³-hybridized carbons (Fsp3) is 0.286. The summed E-state index contributed by atoms with van der Waals surface area (Å²) in [6, 6.07) is 6.90. The van der Waals surface area contributed by atoms with Gasteiger partial charge in [0.25, 0.3) is 5.91 Å². The second kappa shape index (κ2) is 5.05. The van der Waals surface area contributed by atoms with Crippen molar-refractivity contribution in [1.29, 1.82) is 0 Å². The minimum absolute atomic E-state index is 0.120. The Kier molecular flexibility index (Phi) is 3.23. The molecule has 1 aliphatic carbocycles. The lowest BCUT2D eigenvalue weighted by Gasteiger charge is -2.11. The van der Waals surface area contributed by atoms with Gasteiger partial charge in [0, 0.05) is 18.8 Å². The summed E-state index contributed by atoms with van der Waals surface area (Å²) in [7, 11) is 0. The molecule has 0 aliphatic heterocycles. The van der Waals surface area contributed by atoms with Crippen molar-refractivity contribution in [2.24, 2.45) is 5.73 Å². The number of halogens is 1. The molecule has 0 atom stereocenters. The van der Waals surface area contributed by atoms with Crippen LogP contribution in [0.15, 0.2) is 30.5 Å². The van der Waals surface area contributed by atoms with Crippen LogP contribution in [0.3, 0.4) is 0 Å². The number of para-hydroxylation sites is 1. The molecule has 0 unspecified atom stereocenters. The highest BCUT2D eigenvalue weighted by Gasteiger charge is 2.21. The molecule has 1 amide bonds. The summed E-state index contributed by atoms with van der Waals surface area (Å²) in [5, 5.41) is 7.36. The summed E-state index contributed by atoms with van der Waals surface area (Å²) in [6.07, 6.45) is 3.87. The largest absolute Gasteiger partial charge is 0.364 e. The normalized spacial score (nSPS) is 14.4. The average Bonchev–Trinajstić information content (AvgIpc) is 3.12. The smallest absolute Gasteiger partial charge is 0.269 e. The van der Waals surface area contributed by atoms with E-state index >= 15 is 0 Å². The second-order valence-electron chi connectivity index (χ2n) is 4.91. The van der Waals surface area contributed by atoms with Crippen LogP contribution >= 0.6 is 0 Å². The number of nitrogens with one attached hydrogen (secondary N) is 1. The van der Waals surface area contributed by atoms with Gasteiger partial charge in [0.15, 0.2) is 0 Å². The number of primary amides is 1. The zero-order valence-electron chi connectivity index (χ0n) is 10.8. The Morgan fingerprint density at radius 1 is 1.45 bits per heavy atom. The molecule has 1 fully saturated rings. The highest BCUT2D eigenvalue weighted by molar-refractivity contribution is 5.90. The lowest BCUT2D eigenvalue weighted by molar-refractivity contribution is 0.0995. The zero-order valence-corrected chi connectivity index (χ0v) is 10.8.